The van der Waals surface area contributed by atoms with E-state index < -0.39 is 23.4 Å². The fourth-order valence-corrected chi connectivity index (χ4v) is 4.30. The van der Waals surface area contributed by atoms with Gasteiger partial charge >= 0.3 is 11.9 Å². The Morgan fingerprint density at radius 1 is 0.605 bits per heavy atom. The van der Waals surface area contributed by atoms with Crippen LogP contribution < -0.4 is 9.47 Å². The summed E-state index contributed by atoms with van der Waals surface area (Å²) < 4.78 is 24.3. The summed E-state index contributed by atoms with van der Waals surface area (Å²) in [6.07, 6.45) is 1.05. The molecular formula is C32H42O6. The molecule has 206 valence electrons. The highest BCUT2D eigenvalue weighted by Gasteiger charge is 2.30. The number of ether oxygens (including phenoxy) is 4. The number of carbonyl (C=O) groups excluding carboxylic acids is 2. The van der Waals surface area contributed by atoms with Crippen LogP contribution in [0.2, 0.25) is 0 Å². The molecule has 0 saturated carbocycles. The minimum atomic E-state index is -0.757. The first-order valence-electron chi connectivity index (χ1n) is 13.6. The molecule has 0 aliphatic rings. The number of esters is 2. The molecule has 0 aromatic heterocycles. The van der Waals surface area contributed by atoms with Gasteiger partial charge in [-0.25, -0.2) is 9.59 Å². The SMILES string of the molecule is CCCC(Oc1c2ccccc2c(OC(CCC)C(=O)OC(C)(C)C)c2ccccc12)C(=O)OC(C)(C)C. The molecule has 0 N–H and O–H groups in total. The van der Waals surface area contributed by atoms with Gasteiger partial charge in [0, 0.05) is 21.5 Å². The minimum Gasteiger partial charge on any atom is -0.477 e. The van der Waals surface area contributed by atoms with E-state index in [1.807, 2.05) is 104 Å². The van der Waals surface area contributed by atoms with E-state index in [1.54, 1.807) is 0 Å². The normalized spacial score (nSPS) is 13.7. The van der Waals surface area contributed by atoms with Crippen molar-refractivity contribution < 1.29 is 28.5 Å². The summed E-state index contributed by atoms with van der Waals surface area (Å²) in [5, 5.41) is 3.19. The van der Waals surface area contributed by atoms with Crippen molar-refractivity contribution in [1.82, 2.24) is 0 Å². The molecule has 3 aromatic carbocycles. The van der Waals surface area contributed by atoms with Gasteiger partial charge in [0.1, 0.15) is 22.7 Å². The van der Waals surface area contributed by atoms with Crippen LogP contribution in [0.1, 0.15) is 81.1 Å². The van der Waals surface area contributed by atoms with Gasteiger partial charge in [-0.15, -0.1) is 0 Å². The third kappa shape index (κ3) is 7.40. The Bertz CT molecular complexity index is 1110. The maximum Gasteiger partial charge on any atom is 0.347 e. The largest absolute Gasteiger partial charge is 0.477 e. The first kappa shape index (κ1) is 29.3. The van der Waals surface area contributed by atoms with Crippen LogP contribution in [-0.4, -0.2) is 35.3 Å². The fraction of sp³-hybridized carbons (Fsp3) is 0.500. The van der Waals surface area contributed by atoms with E-state index in [0.717, 1.165) is 34.4 Å². The Labute approximate surface area is 226 Å². The van der Waals surface area contributed by atoms with Gasteiger partial charge in [-0.1, -0.05) is 75.2 Å². The van der Waals surface area contributed by atoms with Crippen molar-refractivity contribution >= 4 is 33.5 Å². The second-order valence-electron chi connectivity index (χ2n) is 11.6. The first-order chi connectivity index (χ1) is 17.8. The Kier molecular flexibility index (Phi) is 9.29. The predicted octanol–water partition coefficient (Wildman–Crippen LogP) is 7.77. The number of rotatable bonds is 10. The molecule has 0 saturated heterocycles. The van der Waals surface area contributed by atoms with Crippen molar-refractivity contribution in [3.63, 3.8) is 0 Å². The lowest BCUT2D eigenvalue weighted by molar-refractivity contribution is -0.164. The number of fused-ring (bicyclic) bond motifs is 2. The van der Waals surface area contributed by atoms with Crippen LogP contribution in [0, 0.1) is 0 Å². The van der Waals surface area contributed by atoms with Gasteiger partial charge < -0.3 is 18.9 Å². The van der Waals surface area contributed by atoms with Crippen LogP contribution in [0.5, 0.6) is 11.5 Å². The fourth-order valence-electron chi connectivity index (χ4n) is 4.30. The Hall–Kier alpha value is -3.28. The lowest BCUT2D eigenvalue weighted by Crippen LogP contribution is -2.35. The molecule has 3 rings (SSSR count). The summed E-state index contributed by atoms with van der Waals surface area (Å²) in [7, 11) is 0. The summed E-state index contributed by atoms with van der Waals surface area (Å²) in [4.78, 5) is 26.2. The summed E-state index contributed by atoms with van der Waals surface area (Å²) >= 11 is 0. The number of benzene rings is 3. The summed E-state index contributed by atoms with van der Waals surface area (Å²) in [6.45, 7) is 15.1. The van der Waals surface area contributed by atoms with Gasteiger partial charge in [0.2, 0.25) is 0 Å². The second kappa shape index (κ2) is 12.1. The van der Waals surface area contributed by atoms with Gasteiger partial charge in [0.25, 0.3) is 0 Å². The van der Waals surface area contributed by atoms with Crippen LogP contribution in [-0.2, 0) is 19.1 Å². The molecule has 0 heterocycles. The molecule has 0 bridgehead atoms. The monoisotopic (exact) mass is 522 g/mol. The first-order valence-corrected chi connectivity index (χ1v) is 13.6. The van der Waals surface area contributed by atoms with Crippen molar-refractivity contribution in [2.45, 2.75) is 104 Å². The molecule has 3 aromatic rings. The predicted molar refractivity (Wildman–Crippen MR) is 152 cm³/mol. The third-order valence-corrected chi connectivity index (χ3v) is 5.79. The molecule has 0 amide bonds. The molecule has 38 heavy (non-hydrogen) atoms. The Morgan fingerprint density at radius 3 is 1.13 bits per heavy atom. The van der Waals surface area contributed by atoms with E-state index in [0.29, 0.717) is 24.3 Å². The molecule has 2 atom stereocenters. The zero-order valence-corrected chi connectivity index (χ0v) is 24.1. The Balaban J connectivity index is 2.15. The van der Waals surface area contributed by atoms with E-state index in [2.05, 4.69) is 0 Å². The topological polar surface area (TPSA) is 71.1 Å². The van der Waals surface area contributed by atoms with E-state index in [-0.39, 0.29) is 11.9 Å². The number of hydrogen-bond acceptors (Lipinski definition) is 6. The summed E-state index contributed by atoms with van der Waals surface area (Å²) in [5.74, 6) is 0.413. The minimum absolute atomic E-state index is 0.388. The highest BCUT2D eigenvalue weighted by molar-refractivity contribution is 6.11. The third-order valence-electron chi connectivity index (χ3n) is 5.79. The van der Waals surface area contributed by atoms with Crippen LogP contribution in [0.25, 0.3) is 21.5 Å². The van der Waals surface area contributed by atoms with Crippen LogP contribution in [0.4, 0.5) is 0 Å². The van der Waals surface area contributed by atoms with Crippen molar-refractivity contribution in [3.8, 4) is 11.5 Å². The Morgan fingerprint density at radius 2 is 0.895 bits per heavy atom. The number of hydrogen-bond donors (Lipinski definition) is 0. The van der Waals surface area contributed by atoms with Gasteiger partial charge in [-0.3, -0.25) is 0 Å². The van der Waals surface area contributed by atoms with Crippen LogP contribution in [0.3, 0.4) is 0 Å². The zero-order valence-electron chi connectivity index (χ0n) is 24.1. The van der Waals surface area contributed by atoms with Gasteiger partial charge in [-0.2, -0.15) is 0 Å². The summed E-state index contributed by atoms with van der Waals surface area (Å²) in [6, 6.07) is 15.5. The van der Waals surface area contributed by atoms with Crippen molar-refractivity contribution in [2.24, 2.45) is 0 Å². The molecule has 0 spiro atoms. The van der Waals surface area contributed by atoms with Gasteiger partial charge in [0.05, 0.1) is 0 Å². The quantitative estimate of drug-likeness (QED) is 0.200. The highest BCUT2D eigenvalue weighted by Crippen LogP contribution is 2.44. The van der Waals surface area contributed by atoms with E-state index in [4.69, 9.17) is 18.9 Å². The maximum absolute atomic E-state index is 13.1. The average Bonchev–Trinajstić information content (AvgIpc) is 2.82. The van der Waals surface area contributed by atoms with E-state index in [1.165, 1.54) is 0 Å². The van der Waals surface area contributed by atoms with Crippen LogP contribution in [0.15, 0.2) is 48.5 Å². The maximum atomic E-state index is 13.1. The highest BCUT2D eigenvalue weighted by atomic mass is 16.6. The molecule has 0 radical (unpaired) electrons. The second-order valence-corrected chi connectivity index (χ2v) is 11.6. The van der Waals surface area contributed by atoms with E-state index in [9.17, 15) is 9.59 Å². The number of carbonyl (C=O) groups is 2. The van der Waals surface area contributed by atoms with E-state index >= 15 is 0 Å². The van der Waals surface area contributed by atoms with Crippen LogP contribution >= 0.6 is 0 Å². The molecule has 0 aliphatic carbocycles. The molecule has 0 fully saturated rings. The molecule has 2 unspecified atom stereocenters. The smallest absolute Gasteiger partial charge is 0.347 e. The molecular weight excluding hydrogens is 480 g/mol. The standard InChI is InChI=1S/C32H42O6/c1-9-15-25(29(33)37-31(3,4)5)35-27-21-17-11-13-19-23(21)28(24-20-14-12-18-22(24)27)36-26(16-10-2)30(34)38-32(6,7)8/h11-14,17-20,25-26H,9-10,15-16H2,1-8H3. The molecule has 6 heteroatoms. The van der Waals surface area contributed by atoms with Crippen molar-refractivity contribution in [3.05, 3.63) is 48.5 Å². The molecule has 0 aliphatic heterocycles. The average molecular weight is 523 g/mol. The van der Waals surface area contributed by atoms with Gasteiger partial charge in [-0.05, 0) is 54.4 Å². The lowest BCUT2D eigenvalue weighted by Gasteiger charge is -2.27. The van der Waals surface area contributed by atoms with Gasteiger partial charge in [0.15, 0.2) is 12.2 Å². The molecule has 6 nitrogen and oxygen atoms in total. The van der Waals surface area contributed by atoms with Crippen molar-refractivity contribution in [1.29, 1.82) is 0 Å². The lowest BCUT2D eigenvalue weighted by atomic mass is 10.00. The van der Waals surface area contributed by atoms with Crippen molar-refractivity contribution in [2.75, 3.05) is 0 Å². The zero-order chi connectivity index (χ0) is 28.1. The summed E-state index contributed by atoms with van der Waals surface area (Å²) in [5.41, 5.74) is -1.24.